The summed E-state index contributed by atoms with van der Waals surface area (Å²) in [7, 11) is 0. The quantitative estimate of drug-likeness (QED) is 0.550. The van der Waals surface area contributed by atoms with E-state index >= 15 is 0 Å². The number of ether oxygens (including phenoxy) is 1. The Labute approximate surface area is 166 Å². The van der Waals surface area contributed by atoms with Gasteiger partial charge < -0.3 is 15.8 Å². The summed E-state index contributed by atoms with van der Waals surface area (Å²) in [6.07, 6.45) is -1.01. The van der Waals surface area contributed by atoms with Gasteiger partial charge >= 0.3 is 5.97 Å². The first-order valence-electron chi connectivity index (χ1n) is 7.70. The number of esters is 1. The highest BCUT2D eigenvalue weighted by atomic mass is 35.5. The monoisotopic (exact) mass is 414 g/mol. The Morgan fingerprint density at radius 1 is 1.04 bits per heavy atom. The molecule has 26 heavy (non-hydrogen) atoms. The molecule has 2 rings (SSSR count). The summed E-state index contributed by atoms with van der Waals surface area (Å²) < 4.78 is 5.18. The van der Waals surface area contributed by atoms with Gasteiger partial charge in [-0.25, -0.2) is 4.79 Å². The van der Waals surface area contributed by atoms with Crippen molar-refractivity contribution in [2.45, 2.75) is 26.0 Å². The molecule has 0 bridgehead atoms. The largest absolute Gasteiger partial charge is 0.449 e. The molecule has 8 heteroatoms. The van der Waals surface area contributed by atoms with Crippen LogP contribution in [-0.2, 0) is 9.53 Å². The average molecular weight is 416 g/mol. The van der Waals surface area contributed by atoms with Crippen LogP contribution in [0.25, 0.3) is 0 Å². The molecule has 0 aliphatic heterocycles. The summed E-state index contributed by atoms with van der Waals surface area (Å²) in [6.45, 7) is 3.24. The van der Waals surface area contributed by atoms with E-state index in [0.29, 0.717) is 20.6 Å². The Morgan fingerprint density at radius 3 is 2.35 bits per heavy atom. The first-order valence-corrected chi connectivity index (χ1v) is 8.83. The molecule has 1 amide bonds. The summed E-state index contributed by atoms with van der Waals surface area (Å²) in [5.41, 5.74) is 6.83. The standard InChI is InChI=1S/C18H17Cl3N2O3/c1-9(13-5-4-12(19)8-15(13)21)23-17(24)10(2)26-18(25)11-3-6-14(20)16(22)7-11/h3-10H,22H2,1-2H3,(H,23,24). The van der Waals surface area contributed by atoms with Crippen LogP contribution in [0.5, 0.6) is 0 Å². The third-order valence-corrected chi connectivity index (χ3v) is 4.58. The SMILES string of the molecule is CC(OC(=O)c1ccc(Cl)c(N)c1)C(=O)NC(C)c1ccc(Cl)cc1Cl. The van der Waals surface area contributed by atoms with Gasteiger partial charge in [-0.1, -0.05) is 40.9 Å². The molecule has 0 saturated heterocycles. The number of rotatable bonds is 5. The van der Waals surface area contributed by atoms with Crippen LogP contribution < -0.4 is 11.1 Å². The van der Waals surface area contributed by atoms with Crippen LogP contribution in [0.3, 0.4) is 0 Å². The normalized spacial score (nSPS) is 13.0. The maximum Gasteiger partial charge on any atom is 0.338 e. The Bertz CT molecular complexity index is 842. The lowest BCUT2D eigenvalue weighted by atomic mass is 10.1. The summed E-state index contributed by atoms with van der Waals surface area (Å²) >= 11 is 17.8. The smallest absolute Gasteiger partial charge is 0.338 e. The van der Waals surface area contributed by atoms with Crippen LogP contribution in [0.4, 0.5) is 5.69 Å². The average Bonchev–Trinajstić information content (AvgIpc) is 2.56. The summed E-state index contributed by atoms with van der Waals surface area (Å²) in [6, 6.07) is 8.97. The van der Waals surface area contributed by atoms with E-state index in [1.165, 1.54) is 25.1 Å². The Balaban J connectivity index is 2.00. The molecule has 5 nitrogen and oxygen atoms in total. The molecule has 138 valence electrons. The Hall–Kier alpha value is -1.95. The van der Waals surface area contributed by atoms with Crippen LogP contribution in [0, 0.1) is 0 Å². The van der Waals surface area contributed by atoms with Crippen molar-refractivity contribution in [1.82, 2.24) is 5.32 Å². The maximum absolute atomic E-state index is 12.3. The van der Waals surface area contributed by atoms with Crippen molar-refractivity contribution in [3.63, 3.8) is 0 Å². The molecule has 2 aromatic carbocycles. The van der Waals surface area contributed by atoms with Gasteiger partial charge in [-0.15, -0.1) is 0 Å². The third kappa shape index (κ3) is 5.04. The van der Waals surface area contributed by atoms with Crippen molar-refractivity contribution in [3.8, 4) is 0 Å². The van der Waals surface area contributed by atoms with Gasteiger partial charge in [-0.05, 0) is 49.7 Å². The van der Waals surface area contributed by atoms with E-state index in [1.54, 1.807) is 25.1 Å². The minimum Gasteiger partial charge on any atom is -0.449 e. The highest BCUT2D eigenvalue weighted by Gasteiger charge is 2.22. The minimum absolute atomic E-state index is 0.209. The number of nitrogen functional groups attached to an aromatic ring is 1. The molecule has 0 aromatic heterocycles. The van der Waals surface area contributed by atoms with Gasteiger partial charge in [-0.3, -0.25) is 4.79 Å². The topological polar surface area (TPSA) is 81.4 Å². The summed E-state index contributed by atoms with van der Waals surface area (Å²) in [5.74, 6) is -1.13. The van der Waals surface area contributed by atoms with Crippen molar-refractivity contribution >= 4 is 52.4 Å². The second-order valence-electron chi connectivity index (χ2n) is 5.68. The molecule has 2 atom stereocenters. The molecule has 0 aliphatic rings. The molecular formula is C18H17Cl3N2O3. The molecule has 2 aromatic rings. The number of benzene rings is 2. The van der Waals surface area contributed by atoms with Crippen LogP contribution in [0.15, 0.2) is 36.4 Å². The van der Waals surface area contributed by atoms with Crippen molar-refractivity contribution < 1.29 is 14.3 Å². The van der Waals surface area contributed by atoms with E-state index in [0.717, 1.165) is 0 Å². The zero-order valence-electron chi connectivity index (χ0n) is 14.1. The number of hydrogen-bond donors (Lipinski definition) is 2. The number of carbonyl (C=O) groups excluding carboxylic acids is 2. The Kier molecular flexibility index (Phi) is 6.75. The molecule has 2 unspecified atom stereocenters. The fourth-order valence-corrected chi connectivity index (χ4v) is 2.90. The number of nitrogens with two attached hydrogens (primary N) is 1. The summed E-state index contributed by atoms with van der Waals surface area (Å²) in [5, 5.41) is 4.02. The van der Waals surface area contributed by atoms with Gasteiger partial charge in [-0.2, -0.15) is 0 Å². The predicted molar refractivity (Wildman–Crippen MR) is 104 cm³/mol. The van der Waals surface area contributed by atoms with Crippen molar-refractivity contribution in [1.29, 1.82) is 0 Å². The van der Waals surface area contributed by atoms with Gasteiger partial charge in [0.25, 0.3) is 5.91 Å². The molecule has 0 aliphatic carbocycles. The number of hydrogen-bond acceptors (Lipinski definition) is 4. The van der Waals surface area contributed by atoms with E-state index in [2.05, 4.69) is 5.32 Å². The fraction of sp³-hybridized carbons (Fsp3) is 0.222. The summed E-state index contributed by atoms with van der Waals surface area (Å²) in [4.78, 5) is 24.4. The lowest BCUT2D eigenvalue weighted by Gasteiger charge is -2.19. The van der Waals surface area contributed by atoms with Crippen LogP contribution in [-0.4, -0.2) is 18.0 Å². The second-order valence-corrected chi connectivity index (χ2v) is 6.93. The Morgan fingerprint density at radius 2 is 1.73 bits per heavy atom. The molecule has 3 N–H and O–H groups in total. The molecule has 0 saturated carbocycles. The van der Waals surface area contributed by atoms with E-state index in [4.69, 9.17) is 45.3 Å². The zero-order chi connectivity index (χ0) is 19.4. The number of amides is 1. The highest BCUT2D eigenvalue weighted by molar-refractivity contribution is 6.35. The van der Waals surface area contributed by atoms with E-state index < -0.39 is 18.0 Å². The maximum atomic E-state index is 12.3. The molecule has 0 heterocycles. The van der Waals surface area contributed by atoms with E-state index in [1.807, 2.05) is 0 Å². The van der Waals surface area contributed by atoms with Crippen LogP contribution >= 0.6 is 34.8 Å². The molecule has 0 spiro atoms. The molecule has 0 radical (unpaired) electrons. The lowest BCUT2D eigenvalue weighted by Crippen LogP contribution is -2.37. The first kappa shape index (κ1) is 20.4. The van der Waals surface area contributed by atoms with Gasteiger partial charge in [0, 0.05) is 10.0 Å². The zero-order valence-corrected chi connectivity index (χ0v) is 16.3. The van der Waals surface area contributed by atoms with Gasteiger partial charge in [0.05, 0.1) is 22.3 Å². The molecular weight excluding hydrogens is 399 g/mol. The van der Waals surface area contributed by atoms with Crippen molar-refractivity contribution in [2.75, 3.05) is 5.73 Å². The van der Waals surface area contributed by atoms with Crippen LogP contribution in [0.2, 0.25) is 15.1 Å². The number of carbonyl (C=O) groups is 2. The molecule has 0 fully saturated rings. The highest BCUT2D eigenvalue weighted by Crippen LogP contribution is 2.26. The van der Waals surface area contributed by atoms with Crippen LogP contribution in [0.1, 0.15) is 35.8 Å². The number of nitrogens with one attached hydrogen (secondary N) is 1. The number of halogens is 3. The van der Waals surface area contributed by atoms with Crippen molar-refractivity contribution in [2.24, 2.45) is 0 Å². The fourth-order valence-electron chi connectivity index (χ4n) is 2.21. The third-order valence-electron chi connectivity index (χ3n) is 3.67. The van der Waals surface area contributed by atoms with Gasteiger partial charge in [0.1, 0.15) is 0 Å². The van der Waals surface area contributed by atoms with E-state index in [-0.39, 0.29) is 17.3 Å². The van der Waals surface area contributed by atoms with Crippen molar-refractivity contribution in [3.05, 3.63) is 62.6 Å². The van der Waals surface area contributed by atoms with E-state index in [9.17, 15) is 9.59 Å². The lowest BCUT2D eigenvalue weighted by molar-refractivity contribution is -0.129. The first-order chi connectivity index (χ1) is 12.2. The number of anilines is 1. The van der Waals surface area contributed by atoms with Gasteiger partial charge in [0.2, 0.25) is 0 Å². The minimum atomic E-state index is -1.01. The predicted octanol–water partition coefficient (Wildman–Crippen LogP) is 4.65. The second kappa shape index (κ2) is 8.62. The van der Waals surface area contributed by atoms with Gasteiger partial charge in [0.15, 0.2) is 6.10 Å².